The van der Waals surface area contributed by atoms with E-state index >= 15 is 0 Å². The largest absolute Gasteiger partial charge is 0.573 e. The maximum Gasteiger partial charge on any atom is 0.573 e. The average molecular weight is 509 g/mol. The second kappa shape index (κ2) is 13.2. The summed E-state index contributed by atoms with van der Waals surface area (Å²) in [4.78, 5) is 0. The Kier molecular flexibility index (Phi) is 9.78. The van der Waals surface area contributed by atoms with Crippen molar-refractivity contribution in [3.05, 3.63) is 77.9 Å². The molecule has 0 unspecified atom stereocenters. The number of allylic oxidation sites excluding steroid dienone is 1. The maximum absolute atomic E-state index is 12.3. The Hall–Kier alpha value is -2.67. The maximum atomic E-state index is 12.3. The molecule has 0 aromatic heterocycles. The second-order valence-corrected chi connectivity index (χ2v) is 11.0. The summed E-state index contributed by atoms with van der Waals surface area (Å²) in [5.74, 6) is 9.32. The average Bonchev–Trinajstić information content (AvgIpc) is 2.91. The summed E-state index contributed by atoms with van der Waals surface area (Å²) in [7, 11) is 0. The van der Waals surface area contributed by atoms with Gasteiger partial charge >= 0.3 is 6.36 Å². The molecule has 0 bridgehead atoms. The molecule has 37 heavy (non-hydrogen) atoms. The highest BCUT2D eigenvalue weighted by Crippen LogP contribution is 2.40. The van der Waals surface area contributed by atoms with Crippen molar-refractivity contribution in [2.75, 3.05) is 0 Å². The van der Waals surface area contributed by atoms with Gasteiger partial charge in [0, 0.05) is 11.1 Å². The molecule has 2 aromatic rings. The van der Waals surface area contributed by atoms with Crippen LogP contribution in [0, 0.1) is 29.6 Å². The van der Waals surface area contributed by atoms with E-state index < -0.39 is 6.36 Å². The molecule has 0 heterocycles. The van der Waals surface area contributed by atoms with E-state index in [1.807, 2.05) is 0 Å². The summed E-state index contributed by atoms with van der Waals surface area (Å²) >= 11 is 0. The van der Waals surface area contributed by atoms with Crippen LogP contribution in [0.2, 0.25) is 0 Å². The number of rotatable bonds is 8. The van der Waals surface area contributed by atoms with Crippen molar-refractivity contribution in [2.24, 2.45) is 17.8 Å². The van der Waals surface area contributed by atoms with Crippen LogP contribution in [-0.2, 0) is 0 Å². The van der Waals surface area contributed by atoms with Gasteiger partial charge in [-0.25, -0.2) is 0 Å². The monoisotopic (exact) mass is 508 g/mol. The Balaban J connectivity index is 1.18. The van der Waals surface area contributed by atoms with E-state index in [1.165, 1.54) is 107 Å². The summed E-state index contributed by atoms with van der Waals surface area (Å²) in [6.07, 6.45) is 13.7. The topological polar surface area (TPSA) is 9.23 Å². The van der Waals surface area contributed by atoms with E-state index in [2.05, 4.69) is 53.5 Å². The van der Waals surface area contributed by atoms with Crippen LogP contribution >= 0.6 is 0 Å². The highest BCUT2D eigenvalue weighted by Gasteiger charge is 2.31. The first-order valence-electron chi connectivity index (χ1n) is 14.0. The Bertz CT molecular complexity index is 1030. The van der Waals surface area contributed by atoms with Gasteiger partial charge in [-0.1, -0.05) is 68.6 Å². The molecule has 4 heteroatoms. The zero-order valence-corrected chi connectivity index (χ0v) is 21.7. The minimum absolute atomic E-state index is 0.237. The first-order valence-corrected chi connectivity index (χ1v) is 14.0. The first kappa shape index (κ1) is 27.4. The van der Waals surface area contributed by atoms with Crippen LogP contribution in [0.25, 0.3) is 0 Å². The van der Waals surface area contributed by atoms with Crippen LogP contribution in [0.15, 0.2) is 61.2 Å². The highest BCUT2D eigenvalue weighted by atomic mass is 19.4. The fraction of sp³-hybridized carbons (Fsp3) is 0.515. The third kappa shape index (κ3) is 8.99. The lowest BCUT2D eigenvalue weighted by Gasteiger charge is -2.32. The van der Waals surface area contributed by atoms with Crippen molar-refractivity contribution in [2.45, 2.75) is 89.3 Å². The zero-order chi connectivity index (χ0) is 26.1. The van der Waals surface area contributed by atoms with Gasteiger partial charge in [0.2, 0.25) is 0 Å². The smallest absolute Gasteiger partial charge is 0.406 e. The minimum atomic E-state index is -4.68. The molecular weight excluding hydrogens is 469 g/mol. The molecule has 0 aliphatic heterocycles. The van der Waals surface area contributed by atoms with Gasteiger partial charge in [-0.3, -0.25) is 0 Å². The molecule has 0 amide bonds. The van der Waals surface area contributed by atoms with Crippen molar-refractivity contribution in [3.63, 3.8) is 0 Å². The molecule has 0 atom stereocenters. The van der Waals surface area contributed by atoms with Crippen LogP contribution in [0.4, 0.5) is 13.2 Å². The third-order valence-corrected chi connectivity index (χ3v) is 8.40. The van der Waals surface area contributed by atoms with Crippen molar-refractivity contribution in [1.82, 2.24) is 0 Å². The Morgan fingerprint density at radius 1 is 0.703 bits per heavy atom. The number of hydrogen-bond donors (Lipinski definition) is 0. The number of benzene rings is 2. The Morgan fingerprint density at radius 3 is 1.65 bits per heavy atom. The molecule has 0 saturated heterocycles. The van der Waals surface area contributed by atoms with E-state index in [9.17, 15) is 13.2 Å². The highest BCUT2D eigenvalue weighted by molar-refractivity contribution is 5.45. The van der Waals surface area contributed by atoms with Crippen molar-refractivity contribution >= 4 is 0 Å². The first-order chi connectivity index (χ1) is 17.9. The van der Waals surface area contributed by atoms with E-state index in [4.69, 9.17) is 0 Å². The van der Waals surface area contributed by atoms with Gasteiger partial charge in [0.05, 0.1) is 0 Å². The zero-order valence-electron chi connectivity index (χ0n) is 21.7. The van der Waals surface area contributed by atoms with Gasteiger partial charge in [-0.2, -0.15) is 0 Å². The lowest BCUT2D eigenvalue weighted by molar-refractivity contribution is -0.274. The van der Waals surface area contributed by atoms with Gasteiger partial charge in [0.25, 0.3) is 0 Å². The summed E-state index contributed by atoms with van der Waals surface area (Å²) in [6.45, 7) is 3.86. The number of halogens is 3. The number of alkyl halides is 3. The third-order valence-electron chi connectivity index (χ3n) is 8.40. The van der Waals surface area contributed by atoms with Crippen LogP contribution in [0.1, 0.15) is 99.7 Å². The molecule has 2 fully saturated rings. The van der Waals surface area contributed by atoms with E-state index in [0.717, 1.165) is 23.3 Å². The summed E-state index contributed by atoms with van der Waals surface area (Å²) in [5.41, 5.74) is 2.96. The van der Waals surface area contributed by atoms with E-state index in [0.29, 0.717) is 11.5 Å². The van der Waals surface area contributed by atoms with Gasteiger partial charge in [0.15, 0.2) is 0 Å². The minimum Gasteiger partial charge on any atom is -0.406 e. The van der Waals surface area contributed by atoms with Gasteiger partial charge in [-0.05, 0) is 104 Å². The van der Waals surface area contributed by atoms with Crippen LogP contribution in [0.3, 0.4) is 0 Å². The van der Waals surface area contributed by atoms with Crippen molar-refractivity contribution in [1.29, 1.82) is 0 Å². The molecule has 1 nitrogen and oxygen atoms in total. The molecule has 2 aliphatic carbocycles. The van der Waals surface area contributed by atoms with Crippen LogP contribution in [-0.4, -0.2) is 6.36 Å². The Labute approximate surface area is 220 Å². The molecule has 2 aliphatic rings. The summed E-state index contributed by atoms with van der Waals surface area (Å²) in [6, 6.07) is 14.1. The van der Waals surface area contributed by atoms with Crippen LogP contribution in [0.5, 0.6) is 5.75 Å². The molecule has 198 valence electrons. The van der Waals surface area contributed by atoms with E-state index in [-0.39, 0.29) is 5.75 Å². The lowest BCUT2D eigenvalue weighted by Crippen LogP contribution is -2.17. The predicted molar refractivity (Wildman–Crippen MR) is 144 cm³/mol. The van der Waals surface area contributed by atoms with Crippen LogP contribution < -0.4 is 4.74 Å². The Morgan fingerprint density at radius 2 is 1.16 bits per heavy atom. The second-order valence-electron chi connectivity index (χ2n) is 11.0. The lowest BCUT2D eigenvalue weighted by atomic mass is 9.74. The number of ether oxygens (including phenoxy) is 1. The fourth-order valence-electron chi connectivity index (χ4n) is 6.14. The van der Waals surface area contributed by atoms with Gasteiger partial charge < -0.3 is 4.74 Å². The molecule has 0 radical (unpaired) electrons. The van der Waals surface area contributed by atoms with Gasteiger partial charge in [-0.15, -0.1) is 19.8 Å². The molecule has 0 spiro atoms. The predicted octanol–water partition coefficient (Wildman–Crippen LogP) is 9.81. The summed E-state index contributed by atoms with van der Waals surface area (Å²) < 4.78 is 40.8. The SMILES string of the molecule is C=CCC[C@H]1CC[C@H](CC[C@H]2CC[C@H](c3ccc(C#Cc4ccc(OC(F)(F)F)cc4)cc3)CC2)CC1. The molecule has 2 aromatic carbocycles. The standard InChI is InChI=1S/C33H39F3O/c1-2-3-4-25-5-7-26(8-6-25)9-10-27-13-19-30(20-14-27)31-21-15-28(16-22-31)11-12-29-17-23-32(24-18-29)37-33(34,35)36/h2,15-18,21-27,30H,1,3-10,13-14,19-20H2/t25-,26-,27-,30-. The molecular formula is C33H39F3O. The quantitative estimate of drug-likeness (QED) is 0.255. The molecule has 4 rings (SSSR count). The molecule has 2 saturated carbocycles. The molecule has 0 N–H and O–H groups in total. The van der Waals surface area contributed by atoms with Crippen molar-refractivity contribution in [3.8, 4) is 17.6 Å². The van der Waals surface area contributed by atoms with Crippen molar-refractivity contribution < 1.29 is 17.9 Å². The fourth-order valence-corrected chi connectivity index (χ4v) is 6.14. The van der Waals surface area contributed by atoms with E-state index in [1.54, 1.807) is 0 Å². The summed E-state index contributed by atoms with van der Waals surface area (Å²) in [5, 5.41) is 0. The number of hydrogen-bond acceptors (Lipinski definition) is 1. The normalized spacial score (nSPS) is 24.1. The van der Waals surface area contributed by atoms with Gasteiger partial charge in [0.1, 0.15) is 5.75 Å².